The Hall–Kier alpha value is 0.500. The minimum Gasteiger partial charge on any atom is -0.321 e. The fourth-order valence-corrected chi connectivity index (χ4v) is 4.88. The van der Waals surface area contributed by atoms with E-state index in [4.69, 9.17) is 4.52 Å². The van der Waals surface area contributed by atoms with Gasteiger partial charge in [0.25, 0.3) is 6.57 Å². The van der Waals surface area contributed by atoms with E-state index in [0.29, 0.717) is 12.8 Å². The highest BCUT2D eigenvalue weighted by atomic mass is 32.7. The molecule has 0 aromatic carbocycles. The van der Waals surface area contributed by atoms with Crippen molar-refractivity contribution in [3.63, 3.8) is 0 Å². The van der Waals surface area contributed by atoms with Crippen LogP contribution >= 0.6 is 18.0 Å². The maximum atomic E-state index is 12.1. The largest absolute Gasteiger partial charge is 0.321 e. The van der Waals surface area contributed by atoms with Crippen LogP contribution in [-0.2, 0) is 9.09 Å². The lowest BCUT2D eigenvalue weighted by Gasteiger charge is -2.20. The van der Waals surface area contributed by atoms with Crippen LogP contribution in [0.1, 0.15) is 27.7 Å². The average Bonchev–Trinajstić information content (AvgIpc) is 2.25. The van der Waals surface area contributed by atoms with Gasteiger partial charge in [0.1, 0.15) is 0 Å². The fourth-order valence-electron chi connectivity index (χ4n) is 1.27. The number of nitrogens with zero attached hydrogens (tertiary/aromatic N) is 1. The molecule has 0 rings (SSSR count). The summed E-state index contributed by atoms with van der Waals surface area (Å²) in [5, 5.41) is 0. The van der Waals surface area contributed by atoms with Gasteiger partial charge in [0.05, 0.1) is 6.61 Å². The van der Waals surface area contributed by atoms with Gasteiger partial charge in [0, 0.05) is 18.5 Å². The van der Waals surface area contributed by atoms with Gasteiger partial charge in [-0.3, -0.25) is 4.57 Å². The Labute approximate surface area is 98.1 Å². The highest BCUT2D eigenvalue weighted by molar-refractivity contribution is 8.56. The summed E-state index contributed by atoms with van der Waals surface area (Å²) in [7, 11) is 0. The van der Waals surface area contributed by atoms with Crippen LogP contribution in [0, 0.1) is 0 Å². The molecule has 0 amide bonds. The summed E-state index contributed by atoms with van der Waals surface area (Å²) >= 11 is 1.50. The number of hydrogen-bond donors (Lipinski definition) is 0. The standard InChI is InChI=1S/C10H24NO2PS/c1-5-11(6-2)9-10-15-14(12,8-4)13-7-3/h5-10H2,1-4H3. The number of hydrogen-bond acceptors (Lipinski definition) is 4. The first-order chi connectivity index (χ1) is 7.11. The zero-order valence-corrected chi connectivity index (χ0v) is 12.1. The Morgan fingerprint density at radius 2 is 1.80 bits per heavy atom. The van der Waals surface area contributed by atoms with Crippen molar-refractivity contribution in [3.05, 3.63) is 0 Å². The molecule has 3 nitrogen and oxygen atoms in total. The molecule has 0 aliphatic carbocycles. The molecule has 0 N–H and O–H groups in total. The van der Waals surface area contributed by atoms with Crippen LogP contribution in [0.3, 0.4) is 0 Å². The Kier molecular flexibility index (Phi) is 8.92. The lowest BCUT2D eigenvalue weighted by atomic mass is 10.5. The zero-order valence-electron chi connectivity index (χ0n) is 10.4. The second kappa shape index (κ2) is 8.63. The molecule has 1 unspecified atom stereocenters. The van der Waals surface area contributed by atoms with E-state index in [0.717, 1.165) is 25.4 Å². The summed E-state index contributed by atoms with van der Waals surface area (Å²) in [4.78, 5) is 2.33. The highest BCUT2D eigenvalue weighted by Gasteiger charge is 2.20. The quantitative estimate of drug-likeness (QED) is 0.590. The van der Waals surface area contributed by atoms with Gasteiger partial charge in [-0.05, 0) is 20.0 Å². The lowest BCUT2D eigenvalue weighted by molar-refractivity contribution is 0.323. The zero-order chi connectivity index (χ0) is 11.7. The molecule has 0 saturated heterocycles. The Morgan fingerprint density at radius 3 is 2.20 bits per heavy atom. The van der Waals surface area contributed by atoms with E-state index in [-0.39, 0.29) is 0 Å². The summed E-state index contributed by atoms with van der Waals surface area (Å²) in [6.45, 7) is 9.39. The summed E-state index contributed by atoms with van der Waals surface area (Å²) in [5.74, 6) is 0.896. The summed E-state index contributed by atoms with van der Waals surface area (Å²) in [6, 6.07) is 0. The monoisotopic (exact) mass is 253 g/mol. The molecule has 92 valence electrons. The van der Waals surface area contributed by atoms with Crippen molar-refractivity contribution in [1.82, 2.24) is 4.90 Å². The summed E-state index contributed by atoms with van der Waals surface area (Å²) in [6.07, 6.45) is 0.629. The van der Waals surface area contributed by atoms with Crippen LogP contribution in [0.5, 0.6) is 0 Å². The van der Waals surface area contributed by atoms with Crippen molar-refractivity contribution in [3.8, 4) is 0 Å². The van der Waals surface area contributed by atoms with Gasteiger partial charge in [-0.1, -0.05) is 32.2 Å². The van der Waals surface area contributed by atoms with Crippen LogP contribution in [0.4, 0.5) is 0 Å². The SMILES string of the molecule is CCOP(=O)(CC)SCCN(CC)CC. The molecule has 0 fully saturated rings. The molecule has 0 spiro atoms. The Morgan fingerprint density at radius 1 is 1.20 bits per heavy atom. The third kappa shape index (κ3) is 6.62. The first-order valence-corrected chi connectivity index (χ1v) is 9.12. The predicted octanol–water partition coefficient (Wildman–Crippen LogP) is 3.31. The highest BCUT2D eigenvalue weighted by Crippen LogP contribution is 2.58. The molecule has 0 aromatic rings. The van der Waals surface area contributed by atoms with E-state index in [2.05, 4.69) is 18.7 Å². The molecule has 0 aliphatic rings. The normalized spacial score (nSPS) is 15.5. The van der Waals surface area contributed by atoms with Gasteiger partial charge in [-0.2, -0.15) is 0 Å². The molecule has 15 heavy (non-hydrogen) atoms. The molecule has 0 aromatic heterocycles. The molecule has 0 saturated carbocycles. The van der Waals surface area contributed by atoms with E-state index >= 15 is 0 Å². The molecular formula is C10H24NO2PS. The molecule has 0 bridgehead atoms. The maximum absolute atomic E-state index is 12.1. The van der Waals surface area contributed by atoms with Crippen molar-refractivity contribution < 1.29 is 9.09 Å². The van der Waals surface area contributed by atoms with E-state index in [1.165, 1.54) is 11.4 Å². The summed E-state index contributed by atoms with van der Waals surface area (Å²) in [5.41, 5.74) is 0. The van der Waals surface area contributed by atoms with E-state index in [1.807, 2.05) is 13.8 Å². The predicted molar refractivity (Wildman–Crippen MR) is 70.0 cm³/mol. The van der Waals surface area contributed by atoms with E-state index in [1.54, 1.807) is 0 Å². The van der Waals surface area contributed by atoms with Gasteiger partial charge in [0.15, 0.2) is 0 Å². The molecule has 1 atom stereocenters. The van der Waals surface area contributed by atoms with E-state index < -0.39 is 6.57 Å². The minimum atomic E-state index is -2.39. The molecular weight excluding hydrogens is 229 g/mol. The van der Waals surface area contributed by atoms with Crippen LogP contribution in [0.2, 0.25) is 0 Å². The van der Waals surface area contributed by atoms with Crippen LogP contribution < -0.4 is 0 Å². The van der Waals surface area contributed by atoms with E-state index in [9.17, 15) is 4.57 Å². The maximum Gasteiger partial charge on any atom is 0.257 e. The fraction of sp³-hybridized carbons (Fsp3) is 1.00. The van der Waals surface area contributed by atoms with Gasteiger partial charge < -0.3 is 9.42 Å². The Bertz CT molecular complexity index is 198. The lowest BCUT2D eigenvalue weighted by Crippen LogP contribution is -2.25. The second-order valence-electron chi connectivity index (χ2n) is 3.21. The molecule has 5 heteroatoms. The molecule has 0 radical (unpaired) electrons. The van der Waals surface area contributed by atoms with Gasteiger partial charge in [0.2, 0.25) is 0 Å². The van der Waals surface area contributed by atoms with Gasteiger partial charge in [-0.15, -0.1) is 0 Å². The number of rotatable bonds is 9. The smallest absolute Gasteiger partial charge is 0.257 e. The third-order valence-corrected chi connectivity index (χ3v) is 7.31. The van der Waals surface area contributed by atoms with Gasteiger partial charge in [-0.25, -0.2) is 0 Å². The first-order valence-electron chi connectivity index (χ1n) is 5.72. The minimum absolute atomic E-state index is 0.545. The third-order valence-electron chi connectivity index (χ3n) is 2.30. The van der Waals surface area contributed by atoms with Crippen LogP contribution in [0.15, 0.2) is 0 Å². The molecule has 0 aliphatic heterocycles. The van der Waals surface area contributed by atoms with Crippen molar-refractivity contribution >= 4 is 18.0 Å². The van der Waals surface area contributed by atoms with Crippen molar-refractivity contribution in [2.45, 2.75) is 27.7 Å². The van der Waals surface area contributed by atoms with Crippen LogP contribution in [-0.4, -0.2) is 43.1 Å². The average molecular weight is 253 g/mol. The Balaban J connectivity index is 3.85. The van der Waals surface area contributed by atoms with Crippen molar-refractivity contribution in [2.24, 2.45) is 0 Å². The molecule has 0 heterocycles. The van der Waals surface area contributed by atoms with Crippen LogP contribution in [0.25, 0.3) is 0 Å². The summed E-state index contributed by atoms with van der Waals surface area (Å²) < 4.78 is 17.4. The first kappa shape index (κ1) is 15.5. The van der Waals surface area contributed by atoms with Crippen molar-refractivity contribution in [2.75, 3.05) is 38.2 Å². The van der Waals surface area contributed by atoms with Gasteiger partial charge >= 0.3 is 0 Å². The topological polar surface area (TPSA) is 29.5 Å². The van der Waals surface area contributed by atoms with Crippen molar-refractivity contribution in [1.29, 1.82) is 0 Å². The second-order valence-corrected chi connectivity index (χ2v) is 8.43.